The highest BCUT2D eigenvalue weighted by atomic mass is 19.2. The molecule has 0 saturated heterocycles. The highest BCUT2D eigenvalue weighted by Gasteiger charge is 2.15. The van der Waals surface area contributed by atoms with E-state index >= 15 is 0 Å². The maximum Gasteiger partial charge on any atom is 0.339 e. The summed E-state index contributed by atoms with van der Waals surface area (Å²) < 4.78 is 26.5. The molecule has 0 saturated carbocycles. The number of halogens is 2. The number of hydrogen-bond donors (Lipinski definition) is 2. The van der Waals surface area contributed by atoms with Crippen molar-refractivity contribution in [1.82, 2.24) is 4.98 Å². The highest BCUT2D eigenvalue weighted by Crippen LogP contribution is 2.14. The predicted octanol–water partition coefficient (Wildman–Crippen LogP) is 2.24. The van der Waals surface area contributed by atoms with Crippen molar-refractivity contribution in [3.8, 4) is 0 Å². The van der Waals surface area contributed by atoms with Crippen LogP contribution in [0.2, 0.25) is 0 Å². The topological polar surface area (TPSA) is 79.3 Å². The number of carbonyl (C=O) groups is 2. The molecule has 2 rings (SSSR count). The van der Waals surface area contributed by atoms with Gasteiger partial charge in [0.15, 0.2) is 11.6 Å². The van der Waals surface area contributed by atoms with Gasteiger partial charge in [0.05, 0.1) is 6.42 Å². The van der Waals surface area contributed by atoms with Crippen LogP contribution in [-0.4, -0.2) is 22.0 Å². The molecule has 0 radical (unpaired) electrons. The first-order valence-corrected chi connectivity index (χ1v) is 5.90. The molecule has 2 N–H and O–H groups in total. The Morgan fingerprint density at radius 2 is 1.95 bits per heavy atom. The summed E-state index contributed by atoms with van der Waals surface area (Å²) in [4.78, 5) is 26.5. The Hall–Kier alpha value is -2.83. The first kappa shape index (κ1) is 14.6. The molecular formula is C14H10F2N2O3. The number of aromatic nitrogens is 1. The third kappa shape index (κ3) is 3.38. The minimum absolute atomic E-state index is 0.125. The van der Waals surface area contributed by atoms with Crippen molar-refractivity contribution in [1.29, 1.82) is 0 Å². The lowest BCUT2D eigenvalue weighted by Crippen LogP contribution is -2.18. The summed E-state index contributed by atoms with van der Waals surface area (Å²) in [6, 6.07) is 6.18. The average Bonchev–Trinajstić information content (AvgIpc) is 2.44. The van der Waals surface area contributed by atoms with Gasteiger partial charge in [0.2, 0.25) is 5.91 Å². The second-order valence-electron chi connectivity index (χ2n) is 4.14. The van der Waals surface area contributed by atoms with Gasteiger partial charge in [-0.25, -0.2) is 18.6 Å². The zero-order valence-corrected chi connectivity index (χ0v) is 10.6. The fraction of sp³-hybridized carbons (Fsp3) is 0.0714. The van der Waals surface area contributed by atoms with Gasteiger partial charge in [-0.3, -0.25) is 4.79 Å². The van der Waals surface area contributed by atoms with Crippen molar-refractivity contribution in [2.24, 2.45) is 0 Å². The van der Waals surface area contributed by atoms with Gasteiger partial charge < -0.3 is 10.4 Å². The minimum Gasteiger partial charge on any atom is -0.478 e. The molecule has 0 bridgehead atoms. The average molecular weight is 292 g/mol. The summed E-state index contributed by atoms with van der Waals surface area (Å²) in [5.41, 5.74) is -0.314. The van der Waals surface area contributed by atoms with Crippen LogP contribution in [0.3, 0.4) is 0 Å². The summed E-state index contributed by atoms with van der Waals surface area (Å²) in [6.07, 6.45) is 0.879. The molecule has 2 aromatic rings. The first-order valence-electron chi connectivity index (χ1n) is 5.90. The number of nitrogens with zero attached hydrogens (tertiary/aromatic N) is 1. The molecule has 108 valence electrons. The number of aromatic carboxylic acids is 1. The summed E-state index contributed by atoms with van der Waals surface area (Å²) in [5.74, 6) is -4.25. The number of hydrogen-bond acceptors (Lipinski definition) is 3. The van der Waals surface area contributed by atoms with Gasteiger partial charge in [-0.2, -0.15) is 0 Å². The molecule has 21 heavy (non-hydrogen) atoms. The molecule has 1 amide bonds. The fourth-order valence-electron chi connectivity index (χ4n) is 1.71. The Kier molecular flexibility index (Phi) is 4.22. The van der Waals surface area contributed by atoms with Gasteiger partial charge in [-0.15, -0.1) is 0 Å². The molecule has 0 atom stereocenters. The van der Waals surface area contributed by atoms with Crippen molar-refractivity contribution in [3.63, 3.8) is 0 Å². The third-order valence-electron chi connectivity index (χ3n) is 2.68. The second kappa shape index (κ2) is 6.08. The molecular weight excluding hydrogens is 282 g/mol. The summed E-state index contributed by atoms with van der Waals surface area (Å²) in [7, 11) is 0. The van der Waals surface area contributed by atoms with Crippen LogP contribution < -0.4 is 5.32 Å². The minimum atomic E-state index is -1.25. The SMILES string of the molecule is O=C(Cc1cccc(F)c1F)Nc1ncccc1C(=O)O. The molecule has 1 aromatic carbocycles. The van der Waals surface area contributed by atoms with Gasteiger partial charge >= 0.3 is 5.97 Å². The summed E-state index contributed by atoms with van der Waals surface area (Å²) in [6.45, 7) is 0. The second-order valence-corrected chi connectivity index (χ2v) is 4.14. The Labute approximate surface area is 118 Å². The molecule has 1 aromatic heterocycles. The number of rotatable bonds is 4. The molecule has 0 spiro atoms. The zero-order valence-electron chi connectivity index (χ0n) is 10.6. The van der Waals surface area contributed by atoms with E-state index in [1.807, 2.05) is 0 Å². The van der Waals surface area contributed by atoms with E-state index in [1.165, 1.54) is 30.5 Å². The number of carboxylic acid groups (broad SMARTS) is 1. The maximum atomic E-state index is 13.4. The van der Waals surface area contributed by atoms with E-state index in [1.54, 1.807) is 0 Å². The van der Waals surface area contributed by atoms with Crippen molar-refractivity contribution in [2.75, 3.05) is 5.32 Å². The predicted molar refractivity (Wildman–Crippen MR) is 69.9 cm³/mol. The Balaban J connectivity index is 2.16. The number of benzene rings is 1. The molecule has 0 aliphatic rings. The maximum absolute atomic E-state index is 13.4. The van der Waals surface area contributed by atoms with Gasteiger partial charge in [0.25, 0.3) is 0 Å². The van der Waals surface area contributed by atoms with Crippen LogP contribution in [0.15, 0.2) is 36.5 Å². The zero-order chi connectivity index (χ0) is 15.4. The molecule has 1 heterocycles. The van der Waals surface area contributed by atoms with E-state index in [-0.39, 0.29) is 16.9 Å². The fourth-order valence-corrected chi connectivity index (χ4v) is 1.71. The van der Waals surface area contributed by atoms with Crippen LogP contribution >= 0.6 is 0 Å². The van der Waals surface area contributed by atoms with E-state index in [0.29, 0.717) is 0 Å². The van der Waals surface area contributed by atoms with Crippen molar-refractivity contribution in [2.45, 2.75) is 6.42 Å². The van der Waals surface area contributed by atoms with Crippen molar-refractivity contribution in [3.05, 3.63) is 59.3 Å². The van der Waals surface area contributed by atoms with Gasteiger partial charge in [-0.1, -0.05) is 12.1 Å². The van der Waals surface area contributed by atoms with Crippen molar-refractivity contribution >= 4 is 17.7 Å². The summed E-state index contributed by atoms with van der Waals surface area (Å²) >= 11 is 0. The monoisotopic (exact) mass is 292 g/mol. The number of pyridine rings is 1. The van der Waals surface area contributed by atoms with E-state index in [9.17, 15) is 18.4 Å². The molecule has 5 nitrogen and oxygen atoms in total. The molecule has 0 aliphatic carbocycles. The van der Waals surface area contributed by atoms with E-state index < -0.39 is 29.9 Å². The van der Waals surface area contributed by atoms with Gasteiger partial charge in [0.1, 0.15) is 11.4 Å². The first-order chi connectivity index (χ1) is 9.99. The smallest absolute Gasteiger partial charge is 0.339 e. The Bertz CT molecular complexity index is 704. The number of anilines is 1. The normalized spacial score (nSPS) is 10.2. The van der Waals surface area contributed by atoms with Crippen LogP contribution in [0, 0.1) is 11.6 Å². The van der Waals surface area contributed by atoms with Gasteiger partial charge in [0, 0.05) is 11.8 Å². The highest BCUT2D eigenvalue weighted by molar-refractivity contribution is 5.99. The number of carbonyl (C=O) groups excluding carboxylic acids is 1. The standard InChI is InChI=1S/C14H10F2N2O3/c15-10-5-1-3-8(12(10)16)7-11(19)18-13-9(14(20)21)4-2-6-17-13/h1-6H,7H2,(H,20,21)(H,17,18,19). The van der Waals surface area contributed by atoms with E-state index in [4.69, 9.17) is 5.11 Å². The Morgan fingerprint density at radius 3 is 2.67 bits per heavy atom. The quantitative estimate of drug-likeness (QED) is 0.905. The number of nitrogens with one attached hydrogen (secondary N) is 1. The number of amides is 1. The number of carboxylic acids is 1. The Morgan fingerprint density at radius 1 is 1.19 bits per heavy atom. The lowest BCUT2D eigenvalue weighted by Gasteiger charge is -2.07. The van der Waals surface area contributed by atoms with Crippen LogP contribution in [0.25, 0.3) is 0 Å². The van der Waals surface area contributed by atoms with Gasteiger partial charge in [-0.05, 0) is 18.2 Å². The van der Waals surface area contributed by atoms with Crippen LogP contribution in [-0.2, 0) is 11.2 Å². The van der Waals surface area contributed by atoms with Crippen LogP contribution in [0.5, 0.6) is 0 Å². The molecule has 7 heteroatoms. The third-order valence-corrected chi connectivity index (χ3v) is 2.68. The molecule has 0 fully saturated rings. The lowest BCUT2D eigenvalue weighted by molar-refractivity contribution is -0.115. The van der Waals surface area contributed by atoms with Crippen molar-refractivity contribution < 1.29 is 23.5 Å². The van der Waals surface area contributed by atoms with E-state index in [0.717, 1.165) is 6.07 Å². The lowest BCUT2D eigenvalue weighted by atomic mass is 10.1. The van der Waals surface area contributed by atoms with E-state index in [2.05, 4.69) is 10.3 Å². The summed E-state index contributed by atoms with van der Waals surface area (Å²) in [5, 5.41) is 11.2. The van der Waals surface area contributed by atoms with Crippen LogP contribution in [0.4, 0.5) is 14.6 Å². The molecule has 0 aliphatic heterocycles. The largest absolute Gasteiger partial charge is 0.478 e. The van der Waals surface area contributed by atoms with Crippen LogP contribution in [0.1, 0.15) is 15.9 Å². The molecule has 0 unspecified atom stereocenters.